The van der Waals surface area contributed by atoms with E-state index in [0.717, 1.165) is 18.4 Å². The zero-order chi connectivity index (χ0) is 19.8. The normalized spacial score (nSPS) is 16.8. The Morgan fingerprint density at radius 1 is 1.07 bits per heavy atom. The Morgan fingerprint density at radius 2 is 1.82 bits per heavy atom. The van der Waals surface area contributed by atoms with Crippen LogP contribution in [0.2, 0.25) is 0 Å². The van der Waals surface area contributed by atoms with E-state index < -0.39 is 6.10 Å². The lowest BCUT2D eigenvalue weighted by molar-refractivity contribution is -0.157. The fourth-order valence-electron chi connectivity index (χ4n) is 2.95. The van der Waals surface area contributed by atoms with Crippen molar-refractivity contribution in [2.75, 3.05) is 5.32 Å². The maximum absolute atomic E-state index is 12.3. The van der Waals surface area contributed by atoms with E-state index in [-0.39, 0.29) is 17.8 Å². The molecular weight excluding hydrogens is 354 g/mol. The smallest absolute Gasteiger partial charge is 0.310 e. The number of benzene rings is 2. The number of esters is 1. The first-order valence-electron chi connectivity index (χ1n) is 9.55. The first-order valence-corrected chi connectivity index (χ1v) is 9.55. The van der Waals surface area contributed by atoms with Gasteiger partial charge in [-0.2, -0.15) is 0 Å². The molecule has 0 saturated carbocycles. The van der Waals surface area contributed by atoms with Crippen molar-refractivity contribution in [1.29, 1.82) is 0 Å². The van der Waals surface area contributed by atoms with Crippen LogP contribution in [0.25, 0.3) is 0 Å². The molecule has 1 N–H and O–H groups in total. The topological polar surface area (TPSA) is 64.6 Å². The molecule has 0 saturated heterocycles. The predicted molar refractivity (Wildman–Crippen MR) is 108 cm³/mol. The second-order valence-corrected chi connectivity index (χ2v) is 6.85. The number of anilines is 1. The van der Waals surface area contributed by atoms with Crippen molar-refractivity contribution in [1.82, 2.24) is 0 Å². The molecule has 5 heteroatoms. The van der Waals surface area contributed by atoms with Gasteiger partial charge in [-0.25, -0.2) is 0 Å². The monoisotopic (exact) mass is 379 g/mol. The van der Waals surface area contributed by atoms with Crippen LogP contribution in [0.1, 0.15) is 31.7 Å². The van der Waals surface area contributed by atoms with Gasteiger partial charge in [-0.3, -0.25) is 9.59 Å². The molecule has 3 rings (SSSR count). The van der Waals surface area contributed by atoms with Crippen LogP contribution in [0.15, 0.2) is 66.7 Å². The molecule has 0 unspecified atom stereocenters. The van der Waals surface area contributed by atoms with Crippen molar-refractivity contribution >= 4 is 17.6 Å². The van der Waals surface area contributed by atoms with Gasteiger partial charge in [-0.05, 0) is 56.0 Å². The molecule has 2 aromatic rings. The maximum Gasteiger partial charge on any atom is 0.310 e. The van der Waals surface area contributed by atoms with Gasteiger partial charge < -0.3 is 14.8 Å². The van der Waals surface area contributed by atoms with Crippen molar-refractivity contribution in [3.05, 3.63) is 72.3 Å². The first-order chi connectivity index (χ1) is 13.6. The highest BCUT2D eigenvalue weighted by atomic mass is 16.5. The molecule has 0 heterocycles. The standard InChI is InChI=1S/C23H25NO4/c1-17(28-23(26)19-10-6-3-7-11-19)22(25)24-20-12-14-21(15-13-20)27-16-18-8-4-2-5-9-18/h2-6,8-9,12-15,17,19H,7,10-11,16H2,1H3,(H,24,25)/t17-,19+/m0/s1. The second-order valence-electron chi connectivity index (χ2n) is 6.85. The van der Waals surface area contributed by atoms with E-state index in [1.807, 2.05) is 36.4 Å². The molecule has 0 aromatic heterocycles. The van der Waals surface area contributed by atoms with Crippen molar-refractivity contribution < 1.29 is 19.1 Å². The van der Waals surface area contributed by atoms with Gasteiger partial charge in [0.15, 0.2) is 6.10 Å². The molecule has 0 bridgehead atoms. The largest absolute Gasteiger partial charge is 0.489 e. The number of allylic oxidation sites excluding steroid dienone is 2. The summed E-state index contributed by atoms with van der Waals surface area (Å²) < 4.78 is 11.1. The van der Waals surface area contributed by atoms with Crippen LogP contribution in [0.3, 0.4) is 0 Å². The third kappa shape index (κ3) is 5.71. The van der Waals surface area contributed by atoms with E-state index in [1.165, 1.54) is 0 Å². The average molecular weight is 379 g/mol. The molecule has 146 valence electrons. The average Bonchev–Trinajstić information content (AvgIpc) is 2.74. The van der Waals surface area contributed by atoms with Gasteiger partial charge in [0.25, 0.3) is 5.91 Å². The van der Waals surface area contributed by atoms with Crippen molar-refractivity contribution in [3.63, 3.8) is 0 Å². The Kier molecular flexibility index (Phi) is 6.84. The van der Waals surface area contributed by atoms with Crippen LogP contribution >= 0.6 is 0 Å². The number of carbonyl (C=O) groups is 2. The highest BCUT2D eigenvalue weighted by molar-refractivity contribution is 5.95. The molecule has 28 heavy (non-hydrogen) atoms. The summed E-state index contributed by atoms with van der Waals surface area (Å²) in [4.78, 5) is 24.4. The molecule has 2 aromatic carbocycles. The van der Waals surface area contributed by atoms with Gasteiger partial charge in [0, 0.05) is 5.69 Å². The summed E-state index contributed by atoms with van der Waals surface area (Å²) in [5.74, 6) is -0.0951. The molecule has 0 fully saturated rings. The SMILES string of the molecule is C[C@H](OC(=O)[C@@H]1CC=CCC1)C(=O)Nc1ccc(OCc2ccccc2)cc1. The molecule has 0 aliphatic heterocycles. The molecule has 0 radical (unpaired) electrons. The molecular formula is C23H25NO4. The fourth-order valence-corrected chi connectivity index (χ4v) is 2.95. The van der Waals surface area contributed by atoms with Crippen LogP contribution < -0.4 is 10.1 Å². The van der Waals surface area contributed by atoms with Crippen molar-refractivity contribution in [2.45, 2.75) is 38.9 Å². The second kappa shape index (κ2) is 9.74. The Morgan fingerprint density at radius 3 is 2.50 bits per heavy atom. The minimum Gasteiger partial charge on any atom is -0.489 e. The maximum atomic E-state index is 12.3. The summed E-state index contributed by atoms with van der Waals surface area (Å²) in [7, 11) is 0. The first kappa shape index (κ1) is 19.7. The molecule has 1 aliphatic rings. The number of nitrogens with one attached hydrogen (secondary N) is 1. The number of hydrogen-bond acceptors (Lipinski definition) is 4. The summed E-state index contributed by atoms with van der Waals surface area (Å²) in [6.45, 7) is 2.07. The minimum atomic E-state index is -0.840. The Bertz CT molecular complexity index is 814. The minimum absolute atomic E-state index is 0.152. The third-order valence-corrected chi connectivity index (χ3v) is 4.63. The van der Waals surface area contributed by atoms with Crippen LogP contribution in [-0.2, 0) is 20.9 Å². The lowest BCUT2D eigenvalue weighted by atomic mass is 9.95. The number of carbonyl (C=O) groups excluding carboxylic acids is 2. The van der Waals surface area contributed by atoms with E-state index in [0.29, 0.717) is 24.5 Å². The Hall–Kier alpha value is -3.08. The van der Waals surface area contributed by atoms with Crippen LogP contribution in [0.4, 0.5) is 5.69 Å². The van der Waals surface area contributed by atoms with Gasteiger partial charge in [0.1, 0.15) is 12.4 Å². The van der Waals surface area contributed by atoms with Gasteiger partial charge in [-0.15, -0.1) is 0 Å². The summed E-state index contributed by atoms with van der Waals surface area (Å²) >= 11 is 0. The lowest BCUT2D eigenvalue weighted by Crippen LogP contribution is -2.32. The fraction of sp³-hybridized carbons (Fsp3) is 0.304. The molecule has 1 amide bonds. The number of amides is 1. The van der Waals surface area contributed by atoms with Crippen LogP contribution in [-0.4, -0.2) is 18.0 Å². The summed E-state index contributed by atoms with van der Waals surface area (Å²) in [6.07, 6.45) is 5.53. The van der Waals surface area contributed by atoms with Gasteiger partial charge >= 0.3 is 5.97 Å². The molecule has 5 nitrogen and oxygen atoms in total. The summed E-state index contributed by atoms with van der Waals surface area (Å²) in [5, 5.41) is 2.77. The number of hydrogen-bond donors (Lipinski definition) is 1. The highest BCUT2D eigenvalue weighted by Crippen LogP contribution is 2.21. The van der Waals surface area contributed by atoms with E-state index in [4.69, 9.17) is 9.47 Å². The molecule has 2 atom stereocenters. The van der Waals surface area contributed by atoms with Gasteiger partial charge in [-0.1, -0.05) is 42.5 Å². The lowest BCUT2D eigenvalue weighted by Gasteiger charge is -2.19. The Balaban J connectivity index is 1.46. The zero-order valence-electron chi connectivity index (χ0n) is 16.0. The van der Waals surface area contributed by atoms with Crippen LogP contribution in [0.5, 0.6) is 5.75 Å². The molecule has 0 spiro atoms. The molecule has 1 aliphatic carbocycles. The van der Waals surface area contributed by atoms with Gasteiger partial charge in [0.2, 0.25) is 0 Å². The van der Waals surface area contributed by atoms with E-state index >= 15 is 0 Å². The van der Waals surface area contributed by atoms with Crippen LogP contribution in [0, 0.1) is 5.92 Å². The van der Waals surface area contributed by atoms with E-state index in [9.17, 15) is 9.59 Å². The predicted octanol–water partition coefficient (Wildman–Crippen LogP) is 4.49. The summed E-state index contributed by atoms with van der Waals surface area (Å²) in [5.41, 5.74) is 1.71. The number of ether oxygens (including phenoxy) is 2. The number of rotatable bonds is 7. The quantitative estimate of drug-likeness (QED) is 0.569. The Labute approximate surface area is 165 Å². The van der Waals surface area contributed by atoms with Crippen molar-refractivity contribution in [2.24, 2.45) is 5.92 Å². The van der Waals surface area contributed by atoms with Crippen molar-refractivity contribution in [3.8, 4) is 5.75 Å². The van der Waals surface area contributed by atoms with E-state index in [2.05, 4.69) is 11.4 Å². The highest BCUT2D eigenvalue weighted by Gasteiger charge is 2.25. The summed E-state index contributed by atoms with van der Waals surface area (Å²) in [6, 6.07) is 17.0. The van der Waals surface area contributed by atoms with E-state index in [1.54, 1.807) is 31.2 Å². The zero-order valence-corrected chi connectivity index (χ0v) is 16.0. The third-order valence-electron chi connectivity index (χ3n) is 4.63. The van der Waals surface area contributed by atoms with Gasteiger partial charge in [0.05, 0.1) is 5.92 Å².